The molecule has 0 spiro atoms. The molecule has 2 aromatic carbocycles. The molecule has 0 aromatic heterocycles. The fourth-order valence-electron chi connectivity index (χ4n) is 3.64. The number of carbonyl (C=O) groups is 2. The van der Waals surface area contributed by atoms with Crippen molar-refractivity contribution in [2.75, 3.05) is 29.9 Å². The number of halogens is 1. The van der Waals surface area contributed by atoms with Gasteiger partial charge in [-0.1, -0.05) is 32.0 Å². The number of nitrogens with zero attached hydrogens (tertiary/aromatic N) is 2. The minimum atomic E-state index is -0.505. The zero-order valence-corrected chi connectivity index (χ0v) is 17.2. The molecule has 5 nitrogen and oxygen atoms in total. The number of hydrogen-bond acceptors (Lipinski definition) is 3. The number of aryl methyl sites for hydroxylation is 1. The van der Waals surface area contributed by atoms with Gasteiger partial charge >= 0.3 is 0 Å². The van der Waals surface area contributed by atoms with Gasteiger partial charge in [0.1, 0.15) is 5.82 Å². The molecule has 1 saturated heterocycles. The van der Waals surface area contributed by atoms with Gasteiger partial charge in [-0.05, 0) is 55.4 Å². The Hall–Kier alpha value is -2.73. The van der Waals surface area contributed by atoms with Gasteiger partial charge in [0, 0.05) is 25.2 Å². The highest BCUT2D eigenvalue weighted by atomic mass is 19.1. The van der Waals surface area contributed by atoms with Gasteiger partial charge in [-0.2, -0.15) is 0 Å². The van der Waals surface area contributed by atoms with Gasteiger partial charge in [0.25, 0.3) is 0 Å². The standard InChI is InChI=1S/C23H28FN3O2/c1-4-26(5-2)14-17-7-6-8-19(12-17)25-23(29)18-13-22(28)27(15-18)21-10-9-16(3)11-20(21)24/h6-12,18H,4-5,13-15H2,1-3H3,(H,25,29). The van der Waals surface area contributed by atoms with E-state index in [1.807, 2.05) is 24.3 Å². The highest BCUT2D eigenvalue weighted by molar-refractivity contribution is 6.03. The van der Waals surface area contributed by atoms with E-state index in [1.54, 1.807) is 19.1 Å². The van der Waals surface area contributed by atoms with Gasteiger partial charge in [-0.15, -0.1) is 0 Å². The summed E-state index contributed by atoms with van der Waals surface area (Å²) in [7, 11) is 0. The molecule has 154 valence electrons. The molecule has 0 saturated carbocycles. The van der Waals surface area contributed by atoms with Crippen LogP contribution in [0.15, 0.2) is 42.5 Å². The molecule has 0 bridgehead atoms. The first-order valence-corrected chi connectivity index (χ1v) is 10.1. The van der Waals surface area contributed by atoms with Crippen LogP contribution in [0.2, 0.25) is 0 Å². The fraction of sp³-hybridized carbons (Fsp3) is 0.391. The molecule has 1 fully saturated rings. The van der Waals surface area contributed by atoms with Crippen molar-refractivity contribution in [3.05, 3.63) is 59.4 Å². The Kier molecular flexibility index (Phi) is 6.64. The minimum Gasteiger partial charge on any atom is -0.326 e. The summed E-state index contributed by atoms with van der Waals surface area (Å²) >= 11 is 0. The average molecular weight is 397 g/mol. The first kappa shape index (κ1) is 21.0. The largest absolute Gasteiger partial charge is 0.326 e. The molecule has 29 heavy (non-hydrogen) atoms. The van der Waals surface area contributed by atoms with Crippen molar-refractivity contribution in [1.82, 2.24) is 4.90 Å². The molecule has 0 radical (unpaired) electrons. The molecule has 1 heterocycles. The molecular formula is C23H28FN3O2. The number of carbonyl (C=O) groups excluding carboxylic acids is 2. The summed E-state index contributed by atoms with van der Waals surface area (Å²) in [6, 6.07) is 12.5. The zero-order chi connectivity index (χ0) is 21.0. The van der Waals surface area contributed by atoms with E-state index in [-0.39, 0.29) is 30.5 Å². The summed E-state index contributed by atoms with van der Waals surface area (Å²) in [5, 5.41) is 2.92. The molecule has 1 atom stereocenters. The molecule has 1 aliphatic heterocycles. The average Bonchev–Trinajstić information content (AvgIpc) is 3.08. The van der Waals surface area contributed by atoms with Crippen molar-refractivity contribution in [2.24, 2.45) is 5.92 Å². The lowest BCUT2D eigenvalue weighted by Crippen LogP contribution is -2.28. The third-order valence-corrected chi connectivity index (χ3v) is 5.38. The van der Waals surface area contributed by atoms with Crippen LogP contribution in [0.1, 0.15) is 31.4 Å². The van der Waals surface area contributed by atoms with Gasteiger partial charge in [0.05, 0.1) is 11.6 Å². The van der Waals surface area contributed by atoms with Crippen molar-refractivity contribution in [2.45, 2.75) is 33.7 Å². The highest BCUT2D eigenvalue weighted by Crippen LogP contribution is 2.28. The Labute approximate surface area is 171 Å². The van der Waals surface area contributed by atoms with Crippen LogP contribution in [0.5, 0.6) is 0 Å². The minimum absolute atomic E-state index is 0.0816. The van der Waals surface area contributed by atoms with Crippen LogP contribution >= 0.6 is 0 Å². The Balaban J connectivity index is 1.66. The zero-order valence-electron chi connectivity index (χ0n) is 17.2. The monoisotopic (exact) mass is 397 g/mol. The van der Waals surface area contributed by atoms with Crippen molar-refractivity contribution >= 4 is 23.2 Å². The van der Waals surface area contributed by atoms with Crippen LogP contribution in [0.4, 0.5) is 15.8 Å². The van der Waals surface area contributed by atoms with Gasteiger partial charge in [0.2, 0.25) is 11.8 Å². The maximum atomic E-state index is 14.3. The van der Waals surface area contributed by atoms with Gasteiger partial charge in [-0.3, -0.25) is 14.5 Å². The molecule has 3 rings (SSSR count). The van der Waals surface area contributed by atoms with Crippen LogP contribution in [0.25, 0.3) is 0 Å². The Morgan fingerprint density at radius 3 is 2.66 bits per heavy atom. The summed E-state index contributed by atoms with van der Waals surface area (Å²) < 4.78 is 14.3. The van der Waals surface area contributed by atoms with Crippen molar-refractivity contribution in [1.29, 1.82) is 0 Å². The SMILES string of the molecule is CCN(CC)Cc1cccc(NC(=O)C2CC(=O)N(c3ccc(C)cc3F)C2)c1. The highest BCUT2D eigenvalue weighted by Gasteiger charge is 2.36. The Morgan fingerprint density at radius 1 is 1.21 bits per heavy atom. The third-order valence-electron chi connectivity index (χ3n) is 5.38. The van der Waals surface area contributed by atoms with Gasteiger partial charge in [0.15, 0.2) is 0 Å². The molecule has 0 aliphatic carbocycles. The summed E-state index contributed by atoms with van der Waals surface area (Å²) in [6.07, 6.45) is 0.0816. The summed E-state index contributed by atoms with van der Waals surface area (Å²) in [4.78, 5) is 28.8. The van der Waals surface area contributed by atoms with Crippen LogP contribution in [0, 0.1) is 18.7 Å². The van der Waals surface area contributed by atoms with Crippen LogP contribution in [-0.4, -0.2) is 36.3 Å². The predicted octanol–water partition coefficient (Wildman–Crippen LogP) is 3.97. The van der Waals surface area contributed by atoms with Crippen LogP contribution in [-0.2, 0) is 16.1 Å². The Morgan fingerprint density at radius 2 is 1.97 bits per heavy atom. The fourth-order valence-corrected chi connectivity index (χ4v) is 3.64. The van der Waals surface area contributed by atoms with E-state index in [2.05, 4.69) is 24.1 Å². The van der Waals surface area contributed by atoms with Gasteiger partial charge in [-0.25, -0.2) is 4.39 Å². The summed E-state index contributed by atoms with van der Waals surface area (Å²) in [5.41, 5.74) is 2.86. The van der Waals surface area contributed by atoms with E-state index in [1.165, 1.54) is 11.0 Å². The second-order valence-corrected chi connectivity index (χ2v) is 7.51. The second kappa shape index (κ2) is 9.18. The number of hydrogen-bond donors (Lipinski definition) is 1. The molecular weight excluding hydrogens is 369 g/mol. The van der Waals surface area contributed by atoms with Crippen molar-refractivity contribution < 1.29 is 14.0 Å². The number of benzene rings is 2. The van der Waals surface area contributed by atoms with Crippen LogP contribution < -0.4 is 10.2 Å². The smallest absolute Gasteiger partial charge is 0.229 e. The molecule has 6 heteroatoms. The Bertz CT molecular complexity index is 895. The van der Waals surface area contributed by atoms with Gasteiger partial charge < -0.3 is 10.2 Å². The third kappa shape index (κ3) is 5.01. The van der Waals surface area contributed by atoms with Crippen LogP contribution in [0.3, 0.4) is 0 Å². The molecule has 1 unspecified atom stereocenters. The lowest BCUT2D eigenvalue weighted by molar-refractivity contribution is -0.122. The maximum absolute atomic E-state index is 14.3. The number of nitrogens with one attached hydrogen (secondary N) is 1. The normalized spacial score (nSPS) is 16.5. The van der Waals surface area contributed by atoms with E-state index in [9.17, 15) is 14.0 Å². The van der Waals surface area contributed by atoms with E-state index >= 15 is 0 Å². The van der Waals surface area contributed by atoms with E-state index in [0.717, 1.165) is 30.8 Å². The topological polar surface area (TPSA) is 52.7 Å². The number of rotatable bonds is 7. The molecule has 2 aromatic rings. The maximum Gasteiger partial charge on any atom is 0.229 e. The van der Waals surface area contributed by atoms with E-state index < -0.39 is 11.7 Å². The summed E-state index contributed by atoms with van der Waals surface area (Å²) in [6.45, 7) is 8.96. The summed E-state index contributed by atoms with van der Waals surface area (Å²) in [5.74, 6) is -1.39. The first-order chi connectivity index (χ1) is 13.9. The lowest BCUT2D eigenvalue weighted by Gasteiger charge is -2.19. The number of anilines is 2. The molecule has 1 N–H and O–H groups in total. The lowest BCUT2D eigenvalue weighted by atomic mass is 10.1. The van der Waals surface area contributed by atoms with E-state index in [4.69, 9.17) is 0 Å². The van der Waals surface area contributed by atoms with Crippen molar-refractivity contribution in [3.63, 3.8) is 0 Å². The van der Waals surface area contributed by atoms with E-state index in [0.29, 0.717) is 5.69 Å². The molecule has 1 aliphatic rings. The van der Waals surface area contributed by atoms with Crippen molar-refractivity contribution in [3.8, 4) is 0 Å². The number of amides is 2. The predicted molar refractivity (Wildman–Crippen MR) is 113 cm³/mol. The second-order valence-electron chi connectivity index (χ2n) is 7.51. The first-order valence-electron chi connectivity index (χ1n) is 10.1. The quantitative estimate of drug-likeness (QED) is 0.769. The molecule has 2 amide bonds.